The second-order valence-corrected chi connectivity index (χ2v) is 6.36. The number of ether oxygens (including phenoxy) is 3. The van der Waals surface area contributed by atoms with Crippen LogP contribution >= 0.6 is 0 Å². The average molecular weight is 415 g/mol. The number of aryl methyl sites for hydroxylation is 1. The fourth-order valence-electron chi connectivity index (χ4n) is 2.65. The van der Waals surface area contributed by atoms with Gasteiger partial charge in [-0.05, 0) is 42.8 Å². The molecule has 8 heteroatoms. The Balaban J connectivity index is 2.27. The molecule has 0 heterocycles. The number of methoxy groups -OCH3 is 1. The Morgan fingerprint density at radius 3 is 2.53 bits per heavy atom. The van der Waals surface area contributed by atoms with E-state index in [9.17, 15) is 9.59 Å². The van der Waals surface area contributed by atoms with Crippen LogP contribution in [0.25, 0.3) is 0 Å². The standard InChI is InChI=1S/C22H25NO7/c1-15-6-8-17(9-7-15)23-22(27)30-21(19(28-2)10-11-20(25)26)16-4-3-5-18(14-16)29-13-12-24/h3-11,14,19,21,24H,12-13H2,1-2H3,(H,23,27)(H,25,26)/b11-10+/t19-,21-/m0/s1. The van der Waals surface area contributed by atoms with Crippen LogP contribution in [0.1, 0.15) is 17.2 Å². The largest absolute Gasteiger partial charge is 0.491 e. The summed E-state index contributed by atoms with van der Waals surface area (Å²) in [5.74, 6) is -0.689. The number of aliphatic hydroxyl groups is 1. The topological polar surface area (TPSA) is 114 Å². The number of nitrogens with one attached hydrogen (secondary N) is 1. The quantitative estimate of drug-likeness (QED) is 0.510. The maximum Gasteiger partial charge on any atom is 0.412 e. The average Bonchev–Trinajstić information content (AvgIpc) is 2.73. The minimum absolute atomic E-state index is 0.107. The molecule has 0 saturated carbocycles. The number of anilines is 1. The van der Waals surface area contributed by atoms with Crippen LogP contribution in [0.3, 0.4) is 0 Å². The Labute approximate surface area is 174 Å². The van der Waals surface area contributed by atoms with Crippen molar-refractivity contribution in [2.24, 2.45) is 0 Å². The van der Waals surface area contributed by atoms with Gasteiger partial charge in [-0.25, -0.2) is 9.59 Å². The number of carboxylic acids is 1. The normalized spacial score (nSPS) is 12.9. The molecule has 0 unspecified atom stereocenters. The van der Waals surface area contributed by atoms with Gasteiger partial charge in [0.2, 0.25) is 0 Å². The Morgan fingerprint density at radius 2 is 1.90 bits per heavy atom. The zero-order chi connectivity index (χ0) is 21.9. The molecule has 0 fully saturated rings. The van der Waals surface area contributed by atoms with E-state index < -0.39 is 24.3 Å². The molecule has 8 nitrogen and oxygen atoms in total. The monoisotopic (exact) mass is 415 g/mol. The van der Waals surface area contributed by atoms with Crippen molar-refractivity contribution in [1.29, 1.82) is 0 Å². The molecule has 0 aromatic heterocycles. The van der Waals surface area contributed by atoms with Gasteiger partial charge in [0.1, 0.15) is 18.5 Å². The fourth-order valence-corrected chi connectivity index (χ4v) is 2.65. The number of carboxylic acid groups (broad SMARTS) is 1. The Bertz CT molecular complexity index is 864. The second kappa shape index (κ2) is 11.6. The lowest BCUT2D eigenvalue weighted by molar-refractivity contribution is -0.131. The number of carbonyl (C=O) groups excluding carboxylic acids is 1. The molecule has 2 atom stereocenters. The van der Waals surface area contributed by atoms with Crippen molar-refractivity contribution in [2.45, 2.75) is 19.1 Å². The van der Waals surface area contributed by atoms with E-state index in [0.29, 0.717) is 17.0 Å². The summed E-state index contributed by atoms with van der Waals surface area (Å²) in [6.45, 7) is 1.89. The number of amides is 1. The predicted octanol–water partition coefficient (Wildman–Crippen LogP) is 3.31. The van der Waals surface area contributed by atoms with Crippen LogP contribution in [0, 0.1) is 6.92 Å². The Hall–Kier alpha value is -3.36. The molecule has 0 aliphatic carbocycles. The van der Waals surface area contributed by atoms with E-state index in [-0.39, 0.29) is 13.2 Å². The first-order valence-corrected chi connectivity index (χ1v) is 9.24. The third kappa shape index (κ3) is 7.23. The molecule has 2 aromatic rings. The maximum atomic E-state index is 12.5. The molecular formula is C22H25NO7. The number of carbonyl (C=O) groups is 2. The first kappa shape index (κ1) is 22.9. The number of benzene rings is 2. The van der Waals surface area contributed by atoms with Crippen molar-refractivity contribution in [3.63, 3.8) is 0 Å². The summed E-state index contributed by atoms with van der Waals surface area (Å²) >= 11 is 0. The maximum absolute atomic E-state index is 12.5. The minimum Gasteiger partial charge on any atom is -0.491 e. The predicted molar refractivity (Wildman–Crippen MR) is 111 cm³/mol. The summed E-state index contributed by atoms with van der Waals surface area (Å²) in [4.78, 5) is 23.4. The molecular weight excluding hydrogens is 390 g/mol. The van der Waals surface area contributed by atoms with Crippen LogP contribution in [0.15, 0.2) is 60.7 Å². The van der Waals surface area contributed by atoms with E-state index in [0.717, 1.165) is 11.6 Å². The minimum atomic E-state index is -1.15. The van der Waals surface area contributed by atoms with Crippen molar-refractivity contribution in [1.82, 2.24) is 0 Å². The molecule has 2 aromatic carbocycles. The molecule has 30 heavy (non-hydrogen) atoms. The third-order valence-corrected chi connectivity index (χ3v) is 4.08. The number of aliphatic hydroxyl groups excluding tert-OH is 1. The van der Waals surface area contributed by atoms with Gasteiger partial charge in [0.15, 0.2) is 6.10 Å². The van der Waals surface area contributed by atoms with Crippen molar-refractivity contribution < 1.29 is 34.0 Å². The van der Waals surface area contributed by atoms with Gasteiger partial charge in [0.25, 0.3) is 0 Å². The molecule has 0 aliphatic rings. The highest BCUT2D eigenvalue weighted by molar-refractivity contribution is 5.84. The van der Waals surface area contributed by atoms with Crippen LogP contribution in [0.4, 0.5) is 10.5 Å². The number of hydrogen-bond donors (Lipinski definition) is 3. The van der Waals surface area contributed by atoms with Crippen molar-refractivity contribution in [2.75, 3.05) is 25.6 Å². The van der Waals surface area contributed by atoms with Gasteiger partial charge in [-0.1, -0.05) is 29.8 Å². The summed E-state index contributed by atoms with van der Waals surface area (Å²) < 4.78 is 16.4. The lowest BCUT2D eigenvalue weighted by Crippen LogP contribution is -2.27. The lowest BCUT2D eigenvalue weighted by Gasteiger charge is -2.24. The van der Waals surface area contributed by atoms with Crippen molar-refractivity contribution in [3.8, 4) is 5.75 Å². The highest BCUT2D eigenvalue weighted by Gasteiger charge is 2.26. The Morgan fingerprint density at radius 1 is 1.17 bits per heavy atom. The van der Waals surface area contributed by atoms with Crippen molar-refractivity contribution in [3.05, 3.63) is 71.8 Å². The molecule has 160 valence electrons. The van der Waals surface area contributed by atoms with Crippen LogP contribution in [0.5, 0.6) is 5.75 Å². The first-order chi connectivity index (χ1) is 14.4. The SMILES string of the molecule is CO[C@@H](/C=C/C(=O)O)[C@@H](OC(=O)Nc1ccc(C)cc1)c1cccc(OCCO)c1. The van der Waals surface area contributed by atoms with E-state index in [1.54, 1.807) is 36.4 Å². The lowest BCUT2D eigenvalue weighted by atomic mass is 10.0. The summed E-state index contributed by atoms with van der Waals surface area (Å²) in [6.07, 6.45) is -0.315. The van der Waals surface area contributed by atoms with Gasteiger partial charge in [-0.3, -0.25) is 5.32 Å². The zero-order valence-electron chi connectivity index (χ0n) is 16.8. The van der Waals surface area contributed by atoms with Gasteiger partial charge in [-0.15, -0.1) is 0 Å². The molecule has 0 aliphatic heterocycles. The molecule has 0 spiro atoms. The molecule has 2 rings (SSSR count). The highest BCUT2D eigenvalue weighted by atomic mass is 16.6. The van der Waals surface area contributed by atoms with E-state index in [1.807, 2.05) is 19.1 Å². The third-order valence-electron chi connectivity index (χ3n) is 4.08. The number of rotatable bonds is 10. The van der Waals surface area contributed by atoms with E-state index in [2.05, 4.69) is 5.32 Å². The molecule has 0 radical (unpaired) electrons. The van der Waals surface area contributed by atoms with Gasteiger partial charge in [0.05, 0.1) is 6.61 Å². The molecule has 0 saturated heterocycles. The molecule has 3 N–H and O–H groups in total. The fraction of sp³-hybridized carbons (Fsp3) is 0.273. The van der Waals surface area contributed by atoms with Crippen LogP contribution in [-0.4, -0.2) is 48.7 Å². The molecule has 1 amide bonds. The van der Waals surface area contributed by atoms with Gasteiger partial charge < -0.3 is 24.4 Å². The first-order valence-electron chi connectivity index (χ1n) is 9.24. The number of hydrogen-bond acceptors (Lipinski definition) is 6. The van der Waals surface area contributed by atoms with E-state index in [4.69, 9.17) is 24.4 Å². The zero-order valence-corrected chi connectivity index (χ0v) is 16.8. The van der Waals surface area contributed by atoms with E-state index in [1.165, 1.54) is 13.2 Å². The summed E-state index contributed by atoms with van der Waals surface area (Å²) in [6, 6.07) is 13.9. The Kier molecular flexibility index (Phi) is 8.86. The van der Waals surface area contributed by atoms with Crippen LogP contribution < -0.4 is 10.1 Å². The van der Waals surface area contributed by atoms with Gasteiger partial charge in [0, 0.05) is 18.9 Å². The second-order valence-electron chi connectivity index (χ2n) is 6.36. The number of aliphatic carboxylic acids is 1. The highest BCUT2D eigenvalue weighted by Crippen LogP contribution is 2.28. The van der Waals surface area contributed by atoms with E-state index >= 15 is 0 Å². The van der Waals surface area contributed by atoms with Crippen LogP contribution in [-0.2, 0) is 14.3 Å². The summed E-state index contributed by atoms with van der Waals surface area (Å²) in [7, 11) is 1.39. The van der Waals surface area contributed by atoms with Gasteiger partial charge in [-0.2, -0.15) is 0 Å². The smallest absolute Gasteiger partial charge is 0.412 e. The van der Waals surface area contributed by atoms with Crippen molar-refractivity contribution >= 4 is 17.7 Å². The van der Waals surface area contributed by atoms with Crippen LogP contribution in [0.2, 0.25) is 0 Å². The summed E-state index contributed by atoms with van der Waals surface area (Å²) in [5, 5.41) is 20.5. The molecule has 0 bridgehead atoms. The summed E-state index contributed by atoms with van der Waals surface area (Å²) in [5.41, 5.74) is 2.13. The van der Waals surface area contributed by atoms with Gasteiger partial charge >= 0.3 is 12.1 Å².